The van der Waals surface area contributed by atoms with Crippen molar-refractivity contribution >= 4 is 8.25 Å². The minimum atomic E-state index is -1.83. The molecule has 0 saturated heterocycles. The van der Waals surface area contributed by atoms with E-state index in [-0.39, 0.29) is 21.1 Å². The second-order valence-electron chi connectivity index (χ2n) is 0.589. The van der Waals surface area contributed by atoms with Gasteiger partial charge in [-0.05, 0) is 0 Å². The Balaban J connectivity index is 0. The van der Waals surface area contributed by atoms with Gasteiger partial charge >= 0.3 is 8.25 Å². The second kappa shape index (κ2) is 6.71. The fourth-order valence-corrected chi connectivity index (χ4v) is 0.224. The third-order valence-corrected chi connectivity index (χ3v) is 0.894. The summed E-state index contributed by atoms with van der Waals surface area (Å²) < 4.78 is 18.3. The van der Waals surface area contributed by atoms with E-state index < -0.39 is 8.25 Å². The van der Waals surface area contributed by atoms with E-state index in [9.17, 15) is 4.57 Å². The molecule has 0 bridgehead atoms. The van der Waals surface area contributed by atoms with Crippen molar-refractivity contribution < 1.29 is 34.7 Å². The summed E-state index contributed by atoms with van der Waals surface area (Å²) in [5, 5.41) is 0. The van der Waals surface area contributed by atoms with E-state index in [2.05, 4.69) is 9.05 Å². The molecule has 0 aromatic carbocycles. The van der Waals surface area contributed by atoms with Crippen LogP contribution in [0, 0.1) is 0 Å². The van der Waals surface area contributed by atoms with Gasteiger partial charge in [-0.1, -0.05) is 0 Å². The fraction of sp³-hybridized carbons (Fsp3) is 1.00. The summed E-state index contributed by atoms with van der Waals surface area (Å²) in [6.07, 6.45) is 0. The number of hydrogen-bond acceptors (Lipinski definition) is 3. The van der Waals surface area contributed by atoms with Crippen molar-refractivity contribution in [2.24, 2.45) is 0 Å². The molecule has 0 rings (SSSR count). The normalized spacial score (nSPS) is 7.14. The molecule has 0 aromatic rings. The smallest absolute Gasteiger partial charge is 0.122 e. The maximum atomic E-state index is 9.88. The van der Waals surface area contributed by atoms with E-state index in [0.717, 1.165) is 0 Å². The topological polar surface area (TPSA) is 35.5 Å². The molecule has 0 aliphatic heterocycles. The molecule has 0 unspecified atom stereocenters. The van der Waals surface area contributed by atoms with Crippen LogP contribution in [0.15, 0.2) is 0 Å². The van der Waals surface area contributed by atoms with Gasteiger partial charge in [-0.3, -0.25) is 0 Å². The van der Waals surface area contributed by atoms with Gasteiger partial charge in [0.1, 0.15) is 0 Å². The van der Waals surface area contributed by atoms with Crippen LogP contribution >= 0.6 is 8.25 Å². The quantitative estimate of drug-likeness (QED) is 0.712. The Hall–Kier alpha value is 0.708. The Morgan fingerprint density at radius 3 is 1.57 bits per heavy atom. The Labute approximate surface area is 57.6 Å². The third kappa shape index (κ3) is 6.71. The first-order valence-electron chi connectivity index (χ1n) is 1.36. The van der Waals surface area contributed by atoms with E-state index >= 15 is 0 Å². The van der Waals surface area contributed by atoms with E-state index in [1.54, 1.807) is 0 Å². The average molecular weight is 304 g/mol. The van der Waals surface area contributed by atoms with Crippen molar-refractivity contribution in [1.29, 1.82) is 0 Å². The molecule has 0 N–H and O–H groups in total. The number of rotatable bonds is 2. The first-order valence-corrected chi connectivity index (χ1v) is 2.46. The van der Waals surface area contributed by atoms with Gasteiger partial charge in [-0.15, -0.1) is 9.05 Å². The van der Waals surface area contributed by atoms with Gasteiger partial charge in [-0.25, -0.2) is 0 Å². The molecule has 0 aliphatic rings. The molecule has 0 atom stereocenters. The molecule has 0 aromatic heterocycles. The zero-order chi connectivity index (χ0) is 4.99. The van der Waals surface area contributed by atoms with Crippen molar-refractivity contribution in [2.45, 2.75) is 0 Å². The van der Waals surface area contributed by atoms with Crippen molar-refractivity contribution in [3.63, 3.8) is 0 Å². The summed E-state index contributed by atoms with van der Waals surface area (Å²) in [5.74, 6) is 0. The van der Waals surface area contributed by atoms with Gasteiger partial charge < -0.3 is 0 Å². The Bertz CT molecular complexity index is 50.9. The number of hydrogen-bond donors (Lipinski definition) is 0. The standard InChI is InChI=1S/C2H6O3P.Pt/c1-4-6(3)5-2;/h1-2H3;/q+1;. The second-order valence-corrected chi connectivity index (χ2v) is 1.77. The molecule has 0 amide bonds. The SMILES string of the molecule is CO[P+](=O)OC.[Pt]. The minimum Gasteiger partial charge on any atom is -0.122 e. The van der Waals surface area contributed by atoms with E-state index in [4.69, 9.17) is 0 Å². The van der Waals surface area contributed by atoms with Crippen LogP contribution in [0.1, 0.15) is 0 Å². The molecule has 0 saturated carbocycles. The molecule has 7 heavy (non-hydrogen) atoms. The van der Waals surface area contributed by atoms with E-state index in [1.165, 1.54) is 14.2 Å². The molecular weight excluding hydrogens is 298 g/mol. The van der Waals surface area contributed by atoms with Crippen molar-refractivity contribution in [3.8, 4) is 0 Å². The summed E-state index contributed by atoms with van der Waals surface area (Å²) in [6.45, 7) is 0. The summed E-state index contributed by atoms with van der Waals surface area (Å²) in [7, 11) is 0.817. The Morgan fingerprint density at radius 1 is 1.29 bits per heavy atom. The third-order valence-electron chi connectivity index (χ3n) is 0.298. The zero-order valence-corrected chi connectivity index (χ0v) is 7.15. The van der Waals surface area contributed by atoms with Crippen LogP contribution in [0.25, 0.3) is 0 Å². The fourth-order valence-electron chi connectivity index (χ4n) is 0.0745. The average Bonchev–Trinajstić information content (AvgIpc) is 1.65. The maximum absolute atomic E-state index is 9.88. The van der Waals surface area contributed by atoms with Crippen molar-refractivity contribution in [2.75, 3.05) is 14.2 Å². The minimum absolute atomic E-state index is 0. The van der Waals surface area contributed by atoms with Crippen LogP contribution in [-0.4, -0.2) is 14.2 Å². The van der Waals surface area contributed by atoms with Crippen LogP contribution in [0.2, 0.25) is 0 Å². The molecule has 46 valence electrons. The van der Waals surface area contributed by atoms with Gasteiger partial charge in [0.05, 0.1) is 14.2 Å². The Kier molecular flexibility index (Phi) is 10.2. The van der Waals surface area contributed by atoms with Crippen LogP contribution in [0.3, 0.4) is 0 Å². The summed E-state index contributed by atoms with van der Waals surface area (Å²) in [6, 6.07) is 0. The Morgan fingerprint density at radius 2 is 1.57 bits per heavy atom. The van der Waals surface area contributed by atoms with Crippen LogP contribution in [-0.2, 0) is 34.7 Å². The molecule has 0 spiro atoms. The molecular formula is C2H6O3PPt+. The molecule has 0 aliphatic carbocycles. The van der Waals surface area contributed by atoms with Crippen LogP contribution in [0.5, 0.6) is 0 Å². The summed E-state index contributed by atoms with van der Waals surface area (Å²) >= 11 is 0. The van der Waals surface area contributed by atoms with Gasteiger partial charge in [0.2, 0.25) is 0 Å². The molecule has 3 nitrogen and oxygen atoms in total. The van der Waals surface area contributed by atoms with Gasteiger partial charge in [0.15, 0.2) is 0 Å². The predicted molar refractivity (Wildman–Crippen MR) is 21.6 cm³/mol. The summed E-state index contributed by atoms with van der Waals surface area (Å²) in [4.78, 5) is 0. The first-order chi connectivity index (χ1) is 2.81. The van der Waals surface area contributed by atoms with Gasteiger partial charge in [0.25, 0.3) is 0 Å². The summed E-state index contributed by atoms with van der Waals surface area (Å²) in [5.41, 5.74) is 0. The maximum Gasteiger partial charge on any atom is 0.696 e. The zero-order valence-electron chi connectivity index (χ0n) is 3.99. The molecule has 0 heterocycles. The van der Waals surface area contributed by atoms with E-state index in [0.29, 0.717) is 0 Å². The van der Waals surface area contributed by atoms with Crippen molar-refractivity contribution in [1.82, 2.24) is 0 Å². The van der Waals surface area contributed by atoms with E-state index in [1.807, 2.05) is 0 Å². The van der Waals surface area contributed by atoms with Gasteiger partial charge in [0, 0.05) is 25.6 Å². The van der Waals surface area contributed by atoms with Crippen molar-refractivity contribution in [3.05, 3.63) is 0 Å². The molecule has 5 heteroatoms. The predicted octanol–water partition coefficient (Wildman–Crippen LogP) is 0.934. The monoisotopic (exact) mass is 304 g/mol. The largest absolute Gasteiger partial charge is 0.696 e. The molecule has 0 radical (unpaired) electrons. The first kappa shape index (κ1) is 10.6. The van der Waals surface area contributed by atoms with Gasteiger partial charge in [-0.2, -0.15) is 0 Å². The van der Waals surface area contributed by atoms with Crippen LogP contribution < -0.4 is 0 Å². The van der Waals surface area contributed by atoms with Crippen LogP contribution in [0.4, 0.5) is 0 Å². The molecule has 0 fully saturated rings.